The summed E-state index contributed by atoms with van der Waals surface area (Å²) in [6.45, 7) is 5.58. The van der Waals surface area contributed by atoms with Crippen LogP contribution in [0.1, 0.15) is 58.4 Å². The summed E-state index contributed by atoms with van der Waals surface area (Å²) < 4.78 is 35.3. The maximum atomic E-state index is 12.6. The third kappa shape index (κ3) is 11.8. The van der Waals surface area contributed by atoms with Crippen molar-refractivity contribution in [1.82, 2.24) is 0 Å². The van der Waals surface area contributed by atoms with Gasteiger partial charge < -0.3 is 33.2 Å². The minimum absolute atomic E-state index is 0.197. The van der Waals surface area contributed by atoms with E-state index in [-0.39, 0.29) is 40.7 Å². The van der Waals surface area contributed by atoms with Crippen molar-refractivity contribution in [3.8, 4) is 23.0 Å². The molecule has 0 aliphatic rings. The van der Waals surface area contributed by atoms with Crippen molar-refractivity contribution in [1.29, 1.82) is 0 Å². The quantitative estimate of drug-likeness (QED) is 0.0433. The maximum Gasteiger partial charge on any atom is 0.513 e. The van der Waals surface area contributed by atoms with Crippen molar-refractivity contribution in [3.63, 3.8) is 0 Å². The van der Waals surface area contributed by atoms with Crippen molar-refractivity contribution >= 4 is 30.2 Å². The zero-order valence-electron chi connectivity index (χ0n) is 25.5. The highest BCUT2D eigenvalue weighted by molar-refractivity contribution is 5.92. The predicted molar refractivity (Wildman–Crippen MR) is 163 cm³/mol. The molecule has 242 valence electrons. The number of unbranched alkanes of at least 4 members (excludes halogenated alkanes) is 4. The lowest BCUT2D eigenvalue weighted by atomic mass is 10.1. The fourth-order valence-corrected chi connectivity index (χ4v) is 3.83. The van der Waals surface area contributed by atoms with Crippen LogP contribution in [0.3, 0.4) is 0 Å². The molecule has 0 fully saturated rings. The Morgan fingerprint density at radius 3 is 1.65 bits per heavy atom. The summed E-state index contributed by atoms with van der Waals surface area (Å²) in [6.07, 6.45) is 3.46. The Labute approximate surface area is 265 Å². The Kier molecular flexibility index (Phi) is 13.8. The molecule has 0 bridgehead atoms. The highest BCUT2D eigenvalue weighted by Gasteiger charge is 2.15. The van der Waals surface area contributed by atoms with E-state index in [0.717, 1.165) is 31.8 Å². The molecule has 3 rings (SSSR count). The lowest BCUT2D eigenvalue weighted by molar-refractivity contribution is -0.137. The molecule has 0 saturated heterocycles. The second-order valence-electron chi connectivity index (χ2n) is 9.65. The van der Waals surface area contributed by atoms with Crippen LogP contribution in [0.5, 0.6) is 23.0 Å². The summed E-state index contributed by atoms with van der Waals surface area (Å²) in [6, 6.07) is 16.0. The van der Waals surface area contributed by atoms with Crippen LogP contribution in [0.2, 0.25) is 0 Å². The predicted octanol–water partition coefficient (Wildman–Crippen LogP) is 6.77. The smallest absolute Gasteiger partial charge is 0.463 e. The molecule has 0 spiro atoms. The first kappa shape index (κ1) is 34.8. The Hall–Kier alpha value is -5.65. The standard InChI is InChI=1S/C34H34O12/c1-4-30(35)41-20-8-6-5-7-9-21-42-34(39)45-27-16-10-24(11-17-27)31(36)43-28-18-19-29(23(2)22-28)46-32(37)25-12-14-26(15-13-25)44-33(38)40-3/h4,10-19,22H,1,5-9,20-21H2,2-3H3. The largest absolute Gasteiger partial charge is 0.513 e. The van der Waals surface area contributed by atoms with Crippen molar-refractivity contribution in [2.75, 3.05) is 20.3 Å². The van der Waals surface area contributed by atoms with Gasteiger partial charge >= 0.3 is 30.2 Å². The fraction of sp³-hybridized carbons (Fsp3) is 0.265. The van der Waals surface area contributed by atoms with Crippen LogP contribution in [-0.4, -0.2) is 50.5 Å². The van der Waals surface area contributed by atoms with Gasteiger partial charge in [0.25, 0.3) is 0 Å². The molecule has 12 heteroatoms. The van der Waals surface area contributed by atoms with Crippen LogP contribution in [-0.2, 0) is 19.0 Å². The van der Waals surface area contributed by atoms with Crippen molar-refractivity contribution < 1.29 is 57.1 Å². The van der Waals surface area contributed by atoms with E-state index in [2.05, 4.69) is 11.3 Å². The maximum absolute atomic E-state index is 12.6. The van der Waals surface area contributed by atoms with E-state index < -0.39 is 30.2 Å². The molecule has 12 nitrogen and oxygen atoms in total. The fourth-order valence-electron chi connectivity index (χ4n) is 3.83. The van der Waals surface area contributed by atoms with Crippen LogP contribution >= 0.6 is 0 Å². The second-order valence-corrected chi connectivity index (χ2v) is 9.65. The number of benzene rings is 3. The SMILES string of the molecule is C=CC(=O)OCCCCCCCOC(=O)Oc1ccc(C(=O)Oc2ccc(OC(=O)c3ccc(OC(=O)OC)cc3)c(C)c2)cc1. The van der Waals surface area contributed by atoms with Gasteiger partial charge in [-0.2, -0.15) is 0 Å². The van der Waals surface area contributed by atoms with Crippen LogP contribution < -0.4 is 18.9 Å². The van der Waals surface area contributed by atoms with E-state index in [1.807, 2.05) is 0 Å². The van der Waals surface area contributed by atoms with Crippen molar-refractivity contribution in [2.45, 2.75) is 39.0 Å². The van der Waals surface area contributed by atoms with E-state index in [1.165, 1.54) is 67.8 Å². The summed E-state index contributed by atoms with van der Waals surface area (Å²) >= 11 is 0. The van der Waals surface area contributed by atoms with Gasteiger partial charge in [0.15, 0.2) is 0 Å². The molecule has 0 aliphatic heterocycles. The molecule has 3 aromatic carbocycles. The van der Waals surface area contributed by atoms with Gasteiger partial charge in [-0.1, -0.05) is 25.8 Å². The second kappa shape index (κ2) is 18.2. The summed E-state index contributed by atoms with van der Waals surface area (Å²) in [7, 11) is 1.18. The molecule has 0 unspecified atom stereocenters. The zero-order valence-corrected chi connectivity index (χ0v) is 25.5. The molecule has 0 aliphatic carbocycles. The Bertz CT molecular complexity index is 1510. The lowest BCUT2D eigenvalue weighted by Crippen LogP contribution is -2.12. The van der Waals surface area contributed by atoms with Gasteiger partial charge in [0.05, 0.1) is 31.5 Å². The summed E-state index contributed by atoms with van der Waals surface area (Å²) in [5.74, 6) is -0.828. The minimum atomic E-state index is -0.881. The summed E-state index contributed by atoms with van der Waals surface area (Å²) in [5, 5.41) is 0. The molecular weight excluding hydrogens is 600 g/mol. The van der Waals surface area contributed by atoms with Crippen LogP contribution in [0.25, 0.3) is 0 Å². The summed E-state index contributed by atoms with van der Waals surface area (Å²) in [4.78, 5) is 59.3. The molecular formula is C34H34O12. The van der Waals surface area contributed by atoms with Crippen LogP contribution in [0.15, 0.2) is 79.4 Å². The monoisotopic (exact) mass is 634 g/mol. The highest BCUT2D eigenvalue weighted by atomic mass is 16.7. The summed E-state index contributed by atoms with van der Waals surface area (Å²) in [5.41, 5.74) is 0.979. The van der Waals surface area contributed by atoms with E-state index >= 15 is 0 Å². The number of hydrogen-bond acceptors (Lipinski definition) is 12. The van der Waals surface area contributed by atoms with Gasteiger partial charge in [0, 0.05) is 6.08 Å². The average Bonchev–Trinajstić information content (AvgIpc) is 3.05. The topological polar surface area (TPSA) is 150 Å². The van der Waals surface area contributed by atoms with Gasteiger partial charge in [0.1, 0.15) is 23.0 Å². The van der Waals surface area contributed by atoms with E-state index in [4.69, 9.17) is 28.4 Å². The number of methoxy groups -OCH3 is 1. The van der Waals surface area contributed by atoms with Crippen molar-refractivity contribution in [2.24, 2.45) is 0 Å². The number of carbonyl (C=O) groups is 5. The number of carbonyl (C=O) groups excluding carboxylic acids is 5. The molecule has 0 aromatic heterocycles. The Morgan fingerprint density at radius 1 is 0.609 bits per heavy atom. The van der Waals surface area contributed by atoms with E-state index in [9.17, 15) is 24.0 Å². The van der Waals surface area contributed by atoms with Gasteiger partial charge in [-0.15, -0.1) is 0 Å². The molecule has 0 radical (unpaired) electrons. The zero-order chi connectivity index (χ0) is 33.3. The molecule has 0 heterocycles. The molecule has 46 heavy (non-hydrogen) atoms. The molecule has 0 amide bonds. The first-order valence-electron chi connectivity index (χ1n) is 14.3. The van der Waals surface area contributed by atoms with E-state index in [0.29, 0.717) is 18.6 Å². The van der Waals surface area contributed by atoms with Gasteiger partial charge in [-0.3, -0.25) is 0 Å². The molecule has 0 N–H and O–H groups in total. The van der Waals surface area contributed by atoms with Gasteiger partial charge in [-0.25, -0.2) is 24.0 Å². The van der Waals surface area contributed by atoms with E-state index in [1.54, 1.807) is 13.0 Å². The molecule has 0 saturated carbocycles. The van der Waals surface area contributed by atoms with Gasteiger partial charge in [0.2, 0.25) is 0 Å². The first-order chi connectivity index (χ1) is 22.2. The number of aryl methyl sites for hydroxylation is 1. The number of hydrogen-bond donors (Lipinski definition) is 0. The van der Waals surface area contributed by atoms with Crippen molar-refractivity contribution in [3.05, 3.63) is 96.1 Å². The third-order valence-corrected chi connectivity index (χ3v) is 6.23. The van der Waals surface area contributed by atoms with Crippen LogP contribution in [0, 0.1) is 6.92 Å². The first-order valence-corrected chi connectivity index (χ1v) is 14.3. The Balaban J connectivity index is 1.39. The minimum Gasteiger partial charge on any atom is -0.463 e. The number of esters is 3. The average molecular weight is 635 g/mol. The molecule has 3 aromatic rings. The number of ether oxygens (including phenoxy) is 7. The normalized spacial score (nSPS) is 10.2. The highest BCUT2D eigenvalue weighted by Crippen LogP contribution is 2.26. The lowest BCUT2D eigenvalue weighted by Gasteiger charge is -2.10. The molecule has 0 atom stereocenters. The Morgan fingerprint density at radius 2 is 1.11 bits per heavy atom. The van der Waals surface area contributed by atoms with Gasteiger partial charge in [-0.05, 0) is 92.1 Å². The van der Waals surface area contributed by atoms with Crippen LogP contribution in [0.4, 0.5) is 9.59 Å². The third-order valence-electron chi connectivity index (χ3n) is 6.23. The number of rotatable bonds is 15.